The fourth-order valence-corrected chi connectivity index (χ4v) is 4.49. The summed E-state index contributed by atoms with van der Waals surface area (Å²) in [6, 6.07) is 8.19. The maximum absolute atomic E-state index is 13.4. The van der Waals surface area contributed by atoms with Crippen molar-refractivity contribution in [3.63, 3.8) is 0 Å². The van der Waals surface area contributed by atoms with Gasteiger partial charge in [-0.1, -0.05) is 52.0 Å². The minimum atomic E-state index is -0.648. The molecule has 0 aromatic heterocycles. The highest BCUT2D eigenvalue weighted by molar-refractivity contribution is 6.09. The van der Waals surface area contributed by atoms with Crippen LogP contribution in [0.2, 0.25) is 0 Å². The lowest BCUT2D eigenvalue weighted by Crippen LogP contribution is -2.45. The molecule has 4 atom stereocenters. The van der Waals surface area contributed by atoms with E-state index >= 15 is 0 Å². The average Bonchev–Trinajstić information content (AvgIpc) is 2.87. The summed E-state index contributed by atoms with van der Waals surface area (Å²) < 4.78 is 5.05. The van der Waals surface area contributed by atoms with Gasteiger partial charge in [0, 0.05) is 5.56 Å². The minimum Gasteiger partial charge on any atom is -0.469 e. The van der Waals surface area contributed by atoms with Crippen molar-refractivity contribution in [1.29, 1.82) is 0 Å². The van der Waals surface area contributed by atoms with Gasteiger partial charge in [0.05, 0.1) is 25.0 Å². The van der Waals surface area contributed by atoms with E-state index in [0.717, 1.165) is 5.57 Å². The summed E-state index contributed by atoms with van der Waals surface area (Å²) in [5.74, 6) is -2.05. The Morgan fingerprint density at radius 1 is 1.07 bits per heavy atom. The molecular weight excluding hydrogens is 342 g/mol. The second-order valence-electron chi connectivity index (χ2n) is 8.04. The standard InChI is InChI=1S/C22H27NO4/c1-12(2)15-11-16(13(3)4)19-18(22(26)27-5)17(15)21(25)23(19)20(24)14-9-7-6-8-10-14/h6-13,15,17-19H,1-5H3/t15-,17+,18?,19-/m0/s1. The molecule has 1 aromatic carbocycles. The molecule has 0 spiro atoms. The average molecular weight is 369 g/mol. The van der Waals surface area contributed by atoms with Crippen molar-refractivity contribution in [2.75, 3.05) is 7.11 Å². The van der Waals surface area contributed by atoms with E-state index in [-0.39, 0.29) is 29.6 Å². The fourth-order valence-electron chi connectivity index (χ4n) is 4.49. The Balaban J connectivity index is 2.15. The second-order valence-corrected chi connectivity index (χ2v) is 8.04. The van der Waals surface area contributed by atoms with Crippen molar-refractivity contribution in [3.05, 3.63) is 47.5 Å². The number of imide groups is 1. The molecule has 5 nitrogen and oxygen atoms in total. The Morgan fingerprint density at radius 3 is 2.22 bits per heavy atom. The molecule has 3 rings (SSSR count). The topological polar surface area (TPSA) is 63.7 Å². The summed E-state index contributed by atoms with van der Waals surface area (Å²) in [5, 5.41) is 0. The summed E-state index contributed by atoms with van der Waals surface area (Å²) in [5.41, 5.74) is 1.42. The lowest BCUT2D eigenvalue weighted by Gasteiger charge is -2.36. The van der Waals surface area contributed by atoms with Crippen LogP contribution in [0.25, 0.3) is 0 Å². The Hall–Kier alpha value is -2.43. The molecule has 2 aliphatic rings. The molecule has 1 fully saturated rings. The molecule has 1 heterocycles. The van der Waals surface area contributed by atoms with Crippen molar-refractivity contribution in [2.45, 2.75) is 33.7 Å². The number of nitrogens with zero attached hydrogens (tertiary/aromatic N) is 1. The highest BCUT2D eigenvalue weighted by Crippen LogP contribution is 2.49. The van der Waals surface area contributed by atoms with E-state index < -0.39 is 23.8 Å². The SMILES string of the molecule is COC(=O)C1[C@@H]2C(=O)N(C(=O)c3ccccc3)[C@H]1C(C(C)C)=C[C@H]2C(C)C. The van der Waals surface area contributed by atoms with Crippen LogP contribution in [-0.4, -0.2) is 35.8 Å². The molecule has 144 valence electrons. The van der Waals surface area contributed by atoms with Gasteiger partial charge in [-0.05, 0) is 35.5 Å². The normalized spacial score (nSPS) is 27.1. The summed E-state index contributed by atoms with van der Waals surface area (Å²) in [4.78, 5) is 40.6. The Labute approximate surface area is 160 Å². The zero-order valence-electron chi connectivity index (χ0n) is 16.5. The predicted octanol–water partition coefficient (Wildman–Crippen LogP) is 3.31. The maximum atomic E-state index is 13.4. The fraction of sp³-hybridized carbons (Fsp3) is 0.500. The molecule has 1 aliphatic carbocycles. The quantitative estimate of drug-likeness (QED) is 0.464. The van der Waals surface area contributed by atoms with Crippen molar-refractivity contribution in [2.24, 2.45) is 29.6 Å². The Morgan fingerprint density at radius 2 is 1.70 bits per heavy atom. The molecule has 2 amide bonds. The number of esters is 1. The highest BCUT2D eigenvalue weighted by atomic mass is 16.5. The largest absolute Gasteiger partial charge is 0.469 e. The lowest BCUT2D eigenvalue weighted by molar-refractivity contribution is -0.149. The van der Waals surface area contributed by atoms with Gasteiger partial charge in [0.15, 0.2) is 0 Å². The first kappa shape index (κ1) is 19.3. The zero-order chi connectivity index (χ0) is 19.9. The van der Waals surface area contributed by atoms with Gasteiger partial charge in [0.1, 0.15) is 0 Å². The number of ether oxygens (including phenoxy) is 1. The molecule has 0 saturated carbocycles. The van der Waals surface area contributed by atoms with E-state index in [2.05, 4.69) is 6.08 Å². The molecule has 2 bridgehead atoms. The summed E-state index contributed by atoms with van der Waals surface area (Å²) >= 11 is 0. The highest BCUT2D eigenvalue weighted by Gasteiger charge is 2.60. The van der Waals surface area contributed by atoms with E-state index in [0.29, 0.717) is 5.56 Å². The number of fused-ring (bicyclic) bond motifs is 2. The predicted molar refractivity (Wildman–Crippen MR) is 102 cm³/mol. The first-order chi connectivity index (χ1) is 12.8. The van der Waals surface area contributed by atoms with Crippen LogP contribution >= 0.6 is 0 Å². The number of allylic oxidation sites excluding steroid dienone is 1. The number of methoxy groups -OCH3 is 1. The number of carbonyl (C=O) groups is 3. The van der Waals surface area contributed by atoms with Gasteiger partial charge in [-0.3, -0.25) is 19.3 Å². The molecule has 1 aromatic rings. The first-order valence-corrected chi connectivity index (χ1v) is 9.51. The molecular formula is C22H27NO4. The van der Waals surface area contributed by atoms with Crippen molar-refractivity contribution >= 4 is 17.8 Å². The van der Waals surface area contributed by atoms with Gasteiger partial charge < -0.3 is 4.74 Å². The number of benzene rings is 1. The van der Waals surface area contributed by atoms with E-state index in [9.17, 15) is 14.4 Å². The maximum Gasteiger partial charge on any atom is 0.311 e. The number of amides is 2. The number of hydrogen-bond donors (Lipinski definition) is 0. The van der Waals surface area contributed by atoms with Gasteiger partial charge in [-0.15, -0.1) is 0 Å². The van der Waals surface area contributed by atoms with Gasteiger partial charge in [0.2, 0.25) is 5.91 Å². The van der Waals surface area contributed by atoms with Crippen molar-refractivity contribution in [3.8, 4) is 0 Å². The summed E-state index contributed by atoms with van der Waals surface area (Å²) in [6.07, 6.45) is 2.13. The van der Waals surface area contributed by atoms with Crippen LogP contribution in [0.3, 0.4) is 0 Å². The van der Waals surface area contributed by atoms with E-state index in [1.165, 1.54) is 12.0 Å². The second kappa shape index (κ2) is 7.29. The van der Waals surface area contributed by atoms with Gasteiger partial charge in [-0.2, -0.15) is 0 Å². The summed E-state index contributed by atoms with van der Waals surface area (Å²) in [7, 11) is 1.34. The van der Waals surface area contributed by atoms with Crippen molar-refractivity contribution in [1.82, 2.24) is 4.90 Å². The zero-order valence-corrected chi connectivity index (χ0v) is 16.5. The van der Waals surface area contributed by atoms with E-state index in [1.54, 1.807) is 24.3 Å². The van der Waals surface area contributed by atoms with Crippen LogP contribution in [-0.2, 0) is 14.3 Å². The third kappa shape index (κ3) is 3.09. The number of rotatable bonds is 4. The van der Waals surface area contributed by atoms with Crippen LogP contribution < -0.4 is 0 Å². The Bertz CT molecular complexity index is 781. The van der Waals surface area contributed by atoms with Crippen LogP contribution in [0.15, 0.2) is 42.0 Å². The number of hydrogen-bond acceptors (Lipinski definition) is 4. The summed E-state index contributed by atoms with van der Waals surface area (Å²) in [6.45, 7) is 8.16. The molecule has 5 heteroatoms. The van der Waals surface area contributed by atoms with E-state index in [1.807, 2.05) is 33.8 Å². The minimum absolute atomic E-state index is 0.0937. The third-order valence-corrected chi connectivity index (χ3v) is 5.82. The Kier molecular flexibility index (Phi) is 5.22. The third-order valence-electron chi connectivity index (χ3n) is 5.82. The molecule has 1 aliphatic heterocycles. The van der Waals surface area contributed by atoms with Gasteiger partial charge in [-0.25, -0.2) is 0 Å². The molecule has 1 saturated heterocycles. The smallest absolute Gasteiger partial charge is 0.311 e. The van der Waals surface area contributed by atoms with Crippen LogP contribution in [0.1, 0.15) is 38.1 Å². The monoisotopic (exact) mass is 369 g/mol. The first-order valence-electron chi connectivity index (χ1n) is 9.51. The number of likely N-dealkylation sites (tertiary alicyclic amines) is 1. The lowest BCUT2D eigenvalue weighted by atomic mass is 9.68. The molecule has 27 heavy (non-hydrogen) atoms. The molecule has 0 radical (unpaired) electrons. The number of carbonyl (C=O) groups excluding carboxylic acids is 3. The van der Waals surface area contributed by atoms with Crippen LogP contribution in [0.5, 0.6) is 0 Å². The van der Waals surface area contributed by atoms with Crippen LogP contribution in [0.4, 0.5) is 0 Å². The van der Waals surface area contributed by atoms with Crippen molar-refractivity contribution < 1.29 is 19.1 Å². The van der Waals surface area contributed by atoms with Gasteiger partial charge >= 0.3 is 5.97 Å². The molecule has 1 unspecified atom stereocenters. The van der Waals surface area contributed by atoms with Gasteiger partial charge in [0.25, 0.3) is 5.91 Å². The molecule has 0 N–H and O–H groups in total. The van der Waals surface area contributed by atoms with E-state index in [4.69, 9.17) is 4.74 Å². The van der Waals surface area contributed by atoms with Crippen LogP contribution in [0, 0.1) is 29.6 Å².